The number of nitrogens with one attached hydrogen (secondary N) is 1. The lowest BCUT2D eigenvalue weighted by Crippen LogP contribution is -2.32. The number of amides is 1. The molecule has 32 heavy (non-hydrogen) atoms. The molecule has 166 valence electrons. The van der Waals surface area contributed by atoms with Crippen molar-refractivity contribution in [3.8, 4) is 11.5 Å². The Bertz CT molecular complexity index is 1230. The number of benzene rings is 3. The van der Waals surface area contributed by atoms with Crippen LogP contribution in [-0.2, 0) is 10.0 Å². The average molecular weight is 453 g/mol. The molecule has 0 aliphatic carbocycles. The summed E-state index contributed by atoms with van der Waals surface area (Å²) in [6.07, 6.45) is 0. The molecule has 8 heteroatoms. The third-order valence-electron chi connectivity index (χ3n) is 5.30. The van der Waals surface area contributed by atoms with Gasteiger partial charge in [-0.1, -0.05) is 36.4 Å². The molecule has 1 amide bonds. The summed E-state index contributed by atoms with van der Waals surface area (Å²) in [6, 6.07) is 20.0. The summed E-state index contributed by atoms with van der Waals surface area (Å²) in [7, 11) is -2.37. The summed E-state index contributed by atoms with van der Waals surface area (Å²) >= 11 is 0. The number of carbonyl (C=O) groups excluding carboxylic acids is 1. The van der Waals surface area contributed by atoms with Gasteiger partial charge in [0.05, 0.1) is 22.2 Å². The fraction of sp³-hybridized carbons (Fsp3) is 0.208. The zero-order valence-electron chi connectivity index (χ0n) is 17.8. The van der Waals surface area contributed by atoms with Crippen molar-refractivity contribution in [2.75, 3.05) is 24.6 Å². The van der Waals surface area contributed by atoms with E-state index in [1.54, 1.807) is 42.5 Å². The van der Waals surface area contributed by atoms with Gasteiger partial charge in [-0.15, -0.1) is 0 Å². The van der Waals surface area contributed by atoms with E-state index in [9.17, 15) is 13.2 Å². The van der Waals surface area contributed by atoms with E-state index in [0.717, 1.165) is 9.87 Å². The van der Waals surface area contributed by atoms with Crippen LogP contribution in [0.25, 0.3) is 0 Å². The van der Waals surface area contributed by atoms with Gasteiger partial charge in [0.25, 0.3) is 15.9 Å². The van der Waals surface area contributed by atoms with Crippen molar-refractivity contribution in [2.24, 2.45) is 0 Å². The van der Waals surface area contributed by atoms with Gasteiger partial charge >= 0.3 is 0 Å². The molecule has 1 heterocycles. The zero-order chi connectivity index (χ0) is 22.7. The highest BCUT2D eigenvalue weighted by atomic mass is 32.2. The number of para-hydroxylation sites is 1. The van der Waals surface area contributed by atoms with E-state index in [0.29, 0.717) is 30.4 Å². The van der Waals surface area contributed by atoms with Crippen LogP contribution in [0.3, 0.4) is 0 Å². The summed E-state index contributed by atoms with van der Waals surface area (Å²) in [4.78, 5) is 13.3. The van der Waals surface area contributed by atoms with Crippen molar-refractivity contribution >= 4 is 21.6 Å². The molecular weight excluding hydrogens is 428 g/mol. The Labute approximate surface area is 187 Å². The molecule has 0 unspecified atom stereocenters. The first kappa shape index (κ1) is 21.7. The first-order chi connectivity index (χ1) is 15.4. The Kier molecular flexibility index (Phi) is 6.05. The Balaban J connectivity index is 1.58. The SMILES string of the molecule is C[C@@H](NC(=O)c1ccccc1N(C)S(=O)(=O)c1ccccc1)c1ccc2c(c1)OCCO2. The molecule has 1 aliphatic rings. The predicted octanol–water partition coefficient (Wildman–Crippen LogP) is 3.77. The number of rotatable bonds is 6. The Morgan fingerprint density at radius 1 is 0.938 bits per heavy atom. The fourth-order valence-corrected chi connectivity index (χ4v) is 4.74. The minimum atomic E-state index is -3.82. The highest BCUT2D eigenvalue weighted by molar-refractivity contribution is 7.92. The molecule has 0 saturated carbocycles. The van der Waals surface area contributed by atoms with Crippen LogP contribution in [0.1, 0.15) is 28.9 Å². The molecule has 1 aliphatic heterocycles. The van der Waals surface area contributed by atoms with Gasteiger partial charge in [-0.05, 0) is 48.9 Å². The minimum Gasteiger partial charge on any atom is -0.486 e. The second-order valence-corrected chi connectivity index (χ2v) is 9.37. The molecule has 0 spiro atoms. The molecule has 1 N–H and O–H groups in total. The van der Waals surface area contributed by atoms with Crippen LogP contribution in [0.5, 0.6) is 11.5 Å². The van der Waals surface area contributed by atoms with Crippen molar-refractivity contribution < 1.29 is 22.7 Å². The number of hydrogen-bond donors (Lipinski definition) is 1. The zero-order valence-corrected chi connectivity index (χ0v) is 18.6. The molecule has 0 radical (unpaired) electrons. The van der Waals surface area contributed by atoms with Crippen LogP contribution in [-0.4, -0.2) is 34.6 Å². The van der Waals surface area contributed by atoms with E-state index in [1.807, 2.05) is 25.1 Å². The smallest absolute Gasteiger partial charge is 0.264 e. The lowest BCUT2D eigenvalue weighted by atomic mass is 10.1. The summed E-state index contributed by atoms with van der Waals surface area (Å²) in [5.74, 6) is 0.943. The van der Waals surface area contributed by atoms with Crippen molar-refractivity contribution in [1.29, 1.82) is 0 Å². The Hall–Kier alpha value is -3.52. The normalized spacial score (nSPS) is 13.8. The van der Waals surface area contributed by atoms with Crippen molar-refractivity contribution in [3.63, 3.8) is 0 Å². The van der Waals surface area contributed by atoms with Gasteiger partial charge in [0.1, 0.15) is 13.2 Å². The molecule has 4 rings (SSSR count). The molecule has 0 aromatic heterocycles. The van der Waals surface area contributed by atoms with E-state index < -0.39 is 10.0 Å². The van der Waals surface area contributed by atoms with Gasteiger partial charge < -0.3 is 14.8 Å². The summed E-state index contributed by atoms with van der Waals surface area (Å²) in [5.41, 5.74) is 1.41. The predicted molar refractivity (Wildman–Crippen MR) is 122 cm³/mol. The molecule has 3 aromatic carbocycles. The molecule has 7 nitrogen and oxygen atoms in total. The van der Waals surface area contributed by atoms with Gasteiger partial charge in [0, 0.05) is 7.05 Å². The largest absolute Gasteiger partial charge is 0.486 e. The average Bonchev–Trinajstić information content (AvgIpc) is 2.83. The molecule has 0 bridgehead atoms. The van der Waals surface area contributed by atoms with Crippen molar-refractivity contribution in [1.82, 2.24) is 5.32 Å². The Morgan fingerprint density at radius 2 is 1.59 bits per heavy atom. The summed E-state index contributed by atoms with van der Waals surface area (Å²) < 4.78 is 38.4. The highest BCUT2D eigenvalue weighted by Gasteiger charge is 2.25. The van der Waals surface area contributed by atoms with Crippen molar-refractivity contribution in [3.05, 3.63) is 83.9 Å². The first-order valence-corrected chi connectivity index (χ1v) is 11.7. The second-order valence-electron chi connectivity index (χ2n) is 7.40. The van der Waals surface area contributed by atoms with Crippen LogP contribution in [0.4, 0.5) is 5.69 Å². The number of ether oxygens (including phenoxy) is 2. The highest BCUT2D eigenvalue weighted by Crippen LogP contribution is 2.33. The van der Waals surface area contributed by atoms with Crippen LogP contribution >= 0.6 is 0 Å². The number of sulfonamides is 1. The number of anilines is 1. The molecule has 1 atom stereocenters. The van der Waals surface area contributed by atoms with Crippen LogP contribution in [0, 0.1) is 0 Å². The second kappa shape index (κ2) is 8.92. The molecule has 3 aromatic rings. The van der Waals surface area contributed by atoms with Crippen LogP contribution in [0.15, 0.2) is 77.7 Å². The van der Waals surface area contributed by atoms with Gasteiger partial charge in [-0.25, -0.2) is 8.42 Å². The topological polar surface area (TPSA) is 84.9 Å². The first-order valence-electron chi connectivity index (χ1n) is 10.2. The number of carbonyl (C=O) groups is 1. The number of fused-ring (bicyclic) bond motifs is 1. The maximum atomic E-state index is 13.1. The van der Waals surface area contributed by atoms with Crippen LogP contribution in [0.2, 0.25) is 0 Å². The lowest BCUT2D eigenvalue weighted by Gasteiger charge is -2.23. The van der Waals surface area contributed by atoms with E-state index in [-0.39, 0.29) is 22.4 Å². The van der Waals surface area contributed by atoms with E-state index >= 15 is 0 Å². The van der Waals surface area contributed by atoms with Crippen molar-refractivity contribution in [2.45, 2.75) is 17.9 Å². The summed E-state index contributed by atoms with van der Waals surface area (Å²) in [5, 5.41) is 2.95. The maximum Gasteiger partial charge on any atom is 0.264 e. The van der Waals surface area contributed by atoms with Gasteiger partial charge in [-0.2, -0.15) is 0 Å². The fourth-order valence-electron chi connectivity index (χ4n) is 3.51. The third kappa shape index (κ3) is 4.27. The standard InChI is InChI=1S/C24H24N2O5S/c1-17(18-12-13-22-23(16-18)31-15-14-30-22)25-24(27)20-10-6-7-11-21(20)26(2)32(28,29)19-8-4-3-5-9-19/h3-13,16-17H,14-15H2,1-2H3,(H,25,27)/t17-/m1/s1. The third-order valence-corrected chi connectivity index (χ3v) is 7.09. The lowest BCUT2D eigenvalue weighted by molar-refractivity contribution is 0.0940. The molecular formula is C24H24N2O5S. The minimum absolute atomic E-state index is 0.155. The summed E-state index contributed by atoms with van der Waals surface area (Å²) in [6.45, 7) is 2.85. The van der Waals surface area contributed by atoms with Gasteiger partial charge in [0.15, 0.2) is 11.5 Å². The number of hydrogen-bond acceptors (Lipinski definition) is 5. The van der Waals surface area contributed by atoms with E-state index in [4.69, 9.17) is 9.47 Å². The maximum absolute atomic E-state index is 13.1. The van der Waals surface area contributed by atoms with Gasteiger partial charge in [0.2, 0.25) is 0 Å². The van der Waals surface area contributed by atoms with E-state index in [1.165, 1.54) is 19.2 Å². The molecule has 0 saturated heterocycles. The van der Waals surface area contributed by atoms with E-state index in [2.05, 4.69) is 5.32 Å². The Morgan fingerprint density at radius 3 is 2.34 bits per heavy atom. The monoisotopic (exact) mass is 452 g/mol. The number of nitrogens with zero attached hydrogens (tertiary/aromatic N) is 1. The quantitative estimate of drug-likeness (QED) is 0.615. The van der Waals surface area contributed by atoms with Crippen LogP contribution < -0.4 is 19.1 Å². The van der Waals surface area contributed by atoms with Gasteiger partial charge in [-0.3, -0.25) is 9.10 Å². The molecule has 0 fully saturated rings.